The van der Waals surface area contributed by atoms with Gasteiger partial charge >= 0.3 is 5.97 Å². The number of carbonyl (C=O) groups excluding carboxylic acids is 5. The van der Waals surface area contributed by atoms with Crippen molar-refractivity contribution in [2.24, 2.45) is 35.5 Å². The number of rotatable bonds is 7. The van der Waals surface area contributed by atoms with Gasteiger partial charge in [-0.2, -0.15) is 0 Å². The van der Waals surface area contributed by atoms with Crippen LogP contribution < -0.4 is 0 Å². The van der Waals surface area contributed by atoms with E-state index in [9.17, 15) is 34.2 Å². The topological polar surface area (TPSA) is 219 Å². The molecule has 1 amide bonds. The number of hydrogen-bond acceptors (Lipinski definition) is 15. The summed E-state index contributed by atoms with van der Waals surface area (Å²) < 4.78 is 31.6. The van der Waals surface area contributed by atoms with Crippen molar-refractivity contribution in [2.75, 3.05) is 27.9 Å². The number of esters is 1. The van der Waals surface area contributed by atoms with Crippen molar-refractivity contribution >= 4 is 29.2 Å². The Balaban J connectivity index is 1.46. The van der Waals surface area contributed by atoms with Gasteiger partial charge in [0.05, 0.1) is 30.5 Å². The molecule has 3 fully saturated rings. The van der Waals surface area contributed by atoms with Crippen molar-refractivity contribution in [3.63, 3.8) is 0 Å². The molecular weight excluding hydrogens is 887 g/mol. The van der Waals surface area contributed by atoms with Crippen LogP contribution in [0.15, 0.2) is 53.9 Å². The number of ether oxygens (including phenoxy) is 5. The summed E-state index contributed by atoms with van der Waals surface area (Å²) in [6.07, 6.45) is 14.0. The first kappa shape index (κ1) is 55.7. The first-order chi connectivity index (χ1) is 32.8. The third-order valence-corrected chi connectivity index (χ3v) is 15.2. The smallest absolute Gasteiger partial charge is 0.329 e. The summed E-state index contributed by atoms with van der Waals surface area (Å²) in [7, 11) is 4.63. The van der Waals surface area contributed by atoms with Crippen LogP contribution in [0.3, 0.4) is 0 Å². The fourth-order valence-corrected chi connectivity index (χ4v) is 10.8. The molecule has 2 bridgehead atoms. The maximum atomic E-state index is 14.5. The van der Waals surface area contributed by atoms with E-state index in [-0.39, 0.29) is 60.9 Å². The Kier molecular flexibility index (Phi) is 20.8. The number of aliphatic hydroxyl groups is 2. The molecule has 0 spiro atoms. The number of aliphatic hydroxyl groups excluding tert-OH is 1. The van der Waals surface area contributed by atoms with Gasteiger partial charge in [-0.3, -0.25) is 19.2 Å². The zero-order valence-electron chi connectivity index (χ0n) is 42.5. The first-order valence-corrected chi connectivity index (χ1v) is 25.0. The minimum atomic E-state index is -2.43. The Labute approximate surface area is 408 Å². The lowest BCUT2D eigenvalue weighted by molar-refractivity contribution is -0.265. The second kappa shape index (κ2) is 25.7. The lowest BCUT2D eigenvalue weighted by atomic mass is 9.77. The average molecular weight is 966 g/mol. The molecule has 2 saturated heterocycles. The molecule has 1 unspecified atom stereocenters. The molecule has 4 aliphatic rings. The van der Waals surface area contributed by atoms with Gasteiger partial charge in [-0.1, -0.05) is 71.1 Å². The number of nitrogens with zero attached hydrogens (tertiary/aromatic N) is 5. The van der Waals surface area contributed by atoms with Gasteiger partial charge in [0.25, 0.3) is 11.7 Å². The van der Waals surface area contributed by atoms with E-state index in [2.05, 4.69) is 15.5 Å². The number of ketones is 3. The number of methoxy groups -OCH3 is 3. The average Bonchev–Trinajstić information content (AvgIpc) is 3.88. The molecule has 17 nitrogen and oxygen atoms in total. The summed E-state index contributed by atoms with van der Waals surface area (Å²) in [5.74, 6) is -7.89. The van der Waals surface area contributed by atoms with Gasteiger partial charge in [0.2, 0.25) is 5.79 Å². The Morgan fingerprint density at radius 1 is 0.899 bits per heavy atom. The number of amides is 1. The normalized spacial score (nSPS) is 36.3. The molecule has 4 heterocycles. The number of aromatic nitrogens is 4. The maximum absolute atomic E-state index is 14.5. The van der Waals surface area contributed by atoms with Gasteiger partial charge in [-0.15, -0.1) is 5.10 Å². The Bertz CT molecular complexity index is 2020. The van der Waals surface area contributed by atoms with Crippen molar-refractivity contribution < 1.29 is 57.9 Å². The lowest BCUT2D eigenvalue weighted by Gasteiger charge is -2.42. The maximum Gasteiger partial charge on any atom is 0.329 e. The number of cyclic esters (lactones) is 1. The SMILES string of the molecule is CO[C@H]1C[C@@H]2CC[C@@H](C)[C@@](O)(O2)C(=O)C(=O)N2CCCC[C@H]2C(=O)O[C@H]([C@H](C)C[C@@H]2CC[C@@H](n3cnnn3)[C@H](OC)C2)CC(=O)C(C)=CC(C)[C@@H](O)[C@@H](OC)C(=O)[C@H](C)C[C@H](C)C=CC=CC=C1C. The predicted molar refractivity (Wildman–Crippen MR) is 256 cm³/mol. The largest absolute Gasteiger partial charge is 0.460 e. The van der Waals surface area contributed by atoms with Crippen molar-refractivity contribution in [3.05, 3.63) is 53.9 Å². The molecule has 15 atom stereocenters. The molecule has 0 radical (unpaired) electrons. The Hall–Kier alpha value is -4.26. The number of piperidine rings is 1. The molecule has 5 rings (SSSR count). The minimum absolute atomic E-state index is 0.0197. The molecule has 1 saturated carbocycles. The van der Waals surface area contributed by atoms with Crippen LogP contribution in [-0.2, 0) is 47.7 Å². The fourth-order valence-electron chi connectivity index (χ4n) is 10.8. The van der Waals surface area contributed by atoms with Crippen LogP contribution in [0, 0.1) is 35.5 Å². The fraction of sp³-hybridized carbons (Fsp3) is 0.731. The molecule has 384 valence electrons. The summed E-state index contributed by atoms with van der Waals surface area (Å²) in [5, 5.41) is 35.2. The number of fused-ring (bicyclic) bond motifs is 3. The third kappa shape index (κ3) is 14.2. The zero-order valence-corrected chi connectivity index (χ0v) is 42.5. The van der Waals surface area contributed by atoms with E-state index in [0.29, 0.717) is 56.9 Å². The van der Waals surface area contributed by atoms with Crippen molar-refractivity contribution in [1.29, 1.82) is 0 Å². The Morgan fingerprint density at radius 2 is 1.65 bits per heavy atom. The van der Waals surface area contributed by atoms with Gasteiger partial charge in [-0.25, -0.2) is 9.48 Å². The van der Waals surface area contributed by atoms with Gasteiger partial charge in [0, 0.05) is 58.5 Å². The molecular formula is C52H79N5O12. The molecule has 69 heavy (non-hydrogen) atoms. The van der Waals surface area contributed by atoms with E-state index in [1.165, 1.54) is 12.0 Å². The molecule has 17 heteroatoms. The summed E-state index contributed by atoms with van der Waals surface area (Å²) in [6, 6.07) is -1.20. The zero-order chi connectivity index (χ0) is 50.6. The summed E-state index contributed by atoms with van der Waals surface area (Å²) in [6.45, 7) is 12.8. The molecule has 1 aromatic heterocycles. The number of allylic oxidation sites excluding steroid dienone is 6. The highest BCUT2D eigenvalue weighted by Crippen LogP contribution is 2.39. The van der Waals surface area contributed by atoms with Crippen molar-refractivity contribution in [3.8, 4) is 0 Å². The van der Waals surface area contributed by atoms with E-state index in [1.54, 1.807) is 52.1 Å². The second-order valence-electron chi connectivity index (χ2n) is 20.4. The predicted octanol–water partition coefficient (Wildman–Crippen LogP) is 6.05. The molecule has 2 N–H and O–H groups in total. The highest BCUT2D eigenvalue weighted by atomic mass is 16.6. The number of Topliss-reactive ketones (excluding diaryl/α,β-unsaturated/α-hetero) is 3. The third-order valence-electron chi connectivity index (χ3n) is 15.2. The van der Waals surface area contributed by atoms with Crippen LogP contribution >= 0.6 is 0 Å². The quantitative estimate of drug-likeness (QED) is 0.235. The van der Waals surface area contributed by atoms with Crippen LogP contribution in [0.4, 0.5) is 0 Å². The summed E-state index contributed by atoms with van der Waals surface area (Å²) >= 11 is 0. The highest BCUT2D eigenvalue weighted by Gasteiger charge is 2.53. The van der Waals surface area contributed by atoms with Crippen molar-refractivity contribution in [2.45, 2.75) is 180 Å². The summed E-state index contributed by atoms with van der Waals surface area (Å²) in [5.41, 5.74) is 1.20. The number of tetrazole rings is 1. The molecule has 1 aromatic rings. The van der Waals surface area contributed by atoms with Crippen LogP contribution in [0.1, 0.15) is 132 Å². The van der Waals surface area contributed by atoms with E-state index < -0.39 is 77.8 Å². The number of hydrogen-bond donors (Lipinski definition) is 2. The van der Waals surface area contributed by atoms with Gasteiger partial charge in [-0.05, 0) is 117 Å². The number of carbonyl (C=O) groups is 5. The van der Waals surface area contributed by atoms with E-state index in [1.807, 2.05) is 58.1 Å². The monoisotopic (exact) mass is 966 g/mol. The highest BCUT2D eigenvalue weighted by molar-refractivity contribution is 6.39. The van der Waals surface area contributed by atoms with Crippen molar-refractivity contribution in [1.82, 2.24) is 25.1 Å². The molecule has 1 aliphatic carbocycles. The van der Waals surface area contributed by atoms with Gasteiger partial charge < -0.3 is 38.8 Å². The lowest BCUT2D eigenvalue weighted by Crippen LogP contribution is -2.61. The van der Waals surface area contributed by atoms with Gasteiger partial charge in [0.15, 0.2) is 11.6 Å². The van der Waals surface area contributed by atoms with E-state index in [0.717, 1.165) is 18.4 Å². The van der Waals surface area contributed by atoms with E-state index >= 15 is 0 Å². The summed E-state index contributed by atoms with van der Waals surface area (Å²) in [4.78, 5) is 72.3. The molecule has 3 aliphatic heterocycles. The van der Waals surface area contributed by atoms with E-state index in [4.69, 9.17) is 23.7 Å². The molecule has 0 aromatic carbocycles. The second-order valence-corrected chi connectivity index (χ2v) is 20.4. The standard InChI is InChI=1S/C52H79N5O12/c1-31-16-12-11-13-17-32(2)43(65-8)28-39-21-19-37(7)52(64,69-39)49(61)50(62)56-23-15-14-18-41(56)51(63)68-44(34(4)26-38-20-22-40(45(27-38)66-9)57-30-53-54-55-57)29-42(58)33(3)25-36(6)47(60)48(67-10)46(59)35(5)24-31/h11-13,16-17,25,30-31,34-41,43-45,47-48,60,64H,14-15,18-24,26-29H2,1-10H3/t31-,34-,35-,36?,37-,38+,39+,40-,41+,43+,44+,45-,47-,48+,52-/m1/s1. The van der Waals surface area contributed by atoms with Crippen LogP contribution in [0.5, 0.6) is 0 Å². The van der Waals surface area contributed by atoms with Crippen LogP contribution in [0.25, 0.3) is 0 Å². The van der Waals surface area contributed by atoms with Gasteiger partial charge in [0.1, 0.15) is 24.6 Å². The first-order valence-electron chi connectivity index (χ1n) is 25.0. The van der Waals surface area contributed by atoms with Crippen LogP contribution in [-0.4, -0.2) is 141 Å². The van der Waals surface area contributed by atoms with Crippen LogP contribution in [0.2, 0.25) is 0 Å². The Morgan fingerprint density at radius 3 is 2.33 bits per heavy atom. The minimum Gasteiger partial charge on any atom is -0.460 e.